The lowest BCUT2D eigenvalue weighted by atomic mass is 10.0. The number of carbonyl (C=O) groups excluding carboxylic acids is 1. The van der Waals surface area contributed by atoms with E-state index in [0.717, 1.165) is 22.2 Å². The molecule has 0 unspecified atom stereocenters. The molecule has 0 atom stereocenters. The van der Waals surface area contributed by atoms with Gasteiger partial charge in [0.1, 0.15) is 0 Å². The highest BCUT2D eigenvalue weighted by atomic mass is 35.5. The van der Waals surface area contributed by atoms with E-state index in [0.29, 0.717) is 30.7 Å². The number of nitrogens with one attached hydrogen (secondary N) is 1. The van der Waals surface area contributed by atoms with E-state index >= 15 is 0 Å². The van der Waals surface area contributed by atoms with Crippen LogP contribution in [0.4, 0.5) is 5.69 Å². The first-order valence-corrected chi connectivity index (χ1v) is 12.7. The molecule has 0 aliphatic carbocycles. The van der Waals surface area contributed by atoms with Crippen LogP contribution in [0.15, 0.2) is 77.7 Å². The Bertz CT molecular complexity index is 1540. The molecule has 34 heavy (non-hydrogen) atoms. The summed E-state index contributed by atoms with van der Waals surface area (Å²) in [4.78, 5) is 17.7. The number of aryl methyl sites for hydroxylation is 1. The number of pyridine rings is 1. The number of hydrogen-bond acceptors (Lipinski definition) is 4. The molecule has 0 bridgehead atoms. The Morgan fingerprint density at radius 2 is 1.79 bits per heavy atom. The normalized spacial score (nSPS) is 14.1. The van der Waals surface area contributed by atoms with Gasteiger partial charge in [-0.15, -0.1) is 0 Å². The third-order valence-corrected chi connectivity index (χ3v) is 8.19. The van der Waals surface area contributed by atoms with Crippen LogP contribution in [0.3, 0.4) is 0 Å². The summed E-state index contributed by atoms with van der Waals surface area (Å²) in [5.41, 5.74) is 4.24. The van der Waals surface area contributed by atoms with Crippen LogP contribution in [0.25, 0.3) is 10.9 Å². The molecule has 4 aromatic rings. The second-order valence-electron chi connectivity index (χ2n) is 8.28. The van der Waals surface area contributed by atoms with Gasteiger partial charge in [-0.2, -0.15) is 4.31 Å². The minimum absolute atomic E-state index is 0.0355. The Balaban J connectivity index is 1.45. The third kappa shape index (κ3) is 4.18. The maximum absolute atomic E-state index is 13.4. The lowest BCUT2D eigenvalue weighted by Crippen LogP contribution is -2.36. The van der Waals surface area contributed by atoms with E-state index in [1.165, 1.54) is 22.5 Å². The van der Waals surface area contributed by atoms with Crippen molar-refractivity contribution in [2.45, 2.75) is 24.8 Å². The Kier molecular flexibility index (Phi) is 5.85. The van der Waals surface area contributed by atoms with Crippen molar-refractivity contribution in [1.82, 2.24) is 9.29 Å². The van der Waals surface area contributed by atoms with E-state index < -0.39 is 15.9 Å². The van der Waals surface area contributed by atoms with E-state index in [1.54, 1.807) is 6.07 Å². The maximum Gasteiger partial charge on any atom is 0.257 e. The second-order valence-corrected chi connectivity index (χ2v) is 10.6. The summed E-state index contributed by atoms with van der Waals surface area (Å²) in [6, 6.07) is 21.4. The van der Waals surface area contributed by atoms with Crippen LogP contribution in [-0.4, -0.2) is 30.2 Å². The molecule has 1 N–H and O–H groups in total. The molecule has 3 aromatic carbocycles. The molecule has 0 fully saturated rings. The van der Waals surface area contributed by atoms with Gasteiger partial charge in [0.25, 0.3) is 5.91 Å². The fraction of sp³-hybridized carbons (Fsp3) is 0.154. The number of hydrogen-bond donors (Lipinski definition) is 1. The highest BCUT2D eigenvalue weighted by Gasteiger charge is 2.29. The van der Waals surface area contributed by atoms with Crippen molar-refractivity contribution in [3.05, 3.63) is 100 Å². The summed E-state index contributed by atoms with van der Waals surface area (Å²) in [7, 11) is -3.81. The van der Waals surface area contributed by atoms with Crippen LogP contribution < -0.4 is 5.32 Å². The van der Waals surface area contributed by atoms with Gasteiger partial charge in [0.15, 0.2) is 0 Å². The minimum Gasteiger partial charge on any atom is -0.320 e. The number of anilines is 1. The Labute approximate surface area is 203 Å². The molecular formula is C26H22ClN3O3S. The average Bonchev–Trinajstić information content (AvgIpc) is 2.84. The van der Waals surface area contributed by atoms with Crippen molar-refractivity contribution in [3.63, 3.8) is 0 Å². The van der Waals surface area contributed by atoms with Gasteiger partial charge >= 0.3 is 0 Å². The highest BCUT2D eigenvalue weighted by molar-refractivity contribution is 7.89. The fourth-order valence-electron chi connectivity index (χ4n) is 4.20. The van der Waals surface area contributed by atoms with Gasteiger partial charge in [0.2, 0.25) is 10.0 Å². The van der Waals surface area contributed by atoms with Crippen LogP contribution in [-0.2, 0) is 23.0 Å². The lowest BCUT2D eigenvalue weighted by Gasteiger charge is -2.28. The topological polar surface area (TPSA) is 79.4 Å². The number of para-hydroxylation sites is 1. The Morgan fingerprint density at radius 3 is 2.62 bits per heavy atom. The molecular weight excluding hydrogens is 470 g/mol. The Morgan fingerprint density at radius 1 is 1.00 bits per heavy atom. The van der Waals surface area contributed by atoms with Crippen molar-refractivity contribution in [2.75, 3.05) is 11.9 Å². The fourth-order valence-corrected chi connectivity index (χ4v) is 5.85. The number of halogens is 1. The van der Waals surface area contributed by atoms with Gasteiger partial charge < -0.3 is 5.32 Å². The van der Waals surface area contributed by atoms with E-state index in [4.69, 9.17) is 11.6 Å². The number of amides is 1. The summed E-state index contributed by atoms with van der Waals surface area (Å²) in [5.74, 6) is -0.498. The van der Waals surface area contributed by atoms with Crippen molar-refractivity contribution >= 4 is 44.1 Å². The van der Waals surface area contributed by atoms with Crippen LogP contribution in [0.2, 0.25) is 5.02 Å². The summed E-state index contributed by atoms with van der Waals surface area (Å²) < 4.78 is 28.2. The van der Waals surface area contributed by atoms with Gasteiger partial charge in [-0.25, -0.2) is 8.42 Å². The summed E-state index contributed by atoms with van der Waals surface area (Å²) in [6.07, 6.45) is 0.643. The Hall–Kier alpha value is -3.26. The highest BCUT2D eigenvalue weighted by Crippen LogP contribution is 2.29. The first-order valence-electron chi connectivity index (χ1n) is 10.9. The molecule has 2 heterocycles. The van der Waals surface area contributed by atoms with E-state index in [9.17, 15) is 13.2 Å². The van der Waals surface area contributed by atoms with Crippen LogP contribution in [0, 0.1) is 6.92 Å². The number of benzene rings is 3. The van der Waals surface area contributed by atoms with E-state index in [-0.39, 0.29) is 15.5 Å². The molecule has 0 saturated heterocycles. The lowest BCUT2D eigenvalue weighted by molar-refractivity contribution is 0.102. The molecule has 1 aliphatic heterocycles. The molecule has 172 valence electrons. The minimum atomic E-state index is -3.81. The number of carbonyl (C=O) groups is 1. The number of nitrogens with zero attached hydrogens (tertiary/aromatic N) is 2. The van der Waals surface area contributed by atoms with Crippen molar-refractivity contribution < 1.29 is 13.2 Å². The van der Waals surface area contributed by atoms with E-state index in [1.807, 2.05) is 55.5 Å². The predicted octanol–water partition coefficient (Wildman–Crippen LogP) is 5.20. The van der Waals surface area contributed by atoms with Crippen LogP contribution in [0.5, 0.6) is 0 Å². The van der Waals surface area contributed by atoms with Crippen molar-refractivity contribution in [2.24, 2.45) is 0 Å². The smallest absolute Gasteiger partial charge is 0.257 e. The van der Waals surface area contributed by atoms with Gasteiger partial charge in [-0.1, -0.05) is 54.1 Å². The standard InChI is InChI=1S/C26H22ClN3O3S/c1-17-9-10-19-7-4-8-24(25(19)28-17)29-26(31)22-15-21(11-12-23(22)27)34(32,33)30-14-13-18-5-2-3-6-20(18)16-30/h2-12,15H,13-14,16H2,1H3,(H,29,31). The molecule has 0 spiro atoms. The van der Waals surface area contributed by atoms with Gasteiger partial charge in [0.05, 0.1) is 26.7 Å². The number of sulfonamides is 1. The first-order chi connectivity index (χ1) is 16.3. The second kappa shape index (κ2) is 8.83. The largest absolute Gasteiger partial charge is 0.320 e. The number of aromatic nitrogens is 1. The monoisotopic (exact) mass is 491 g/mol. The average molecular weight is 492 g/mol. The maximum atomic E-state index is 13.4. The molecule has 5 rings (SSSR count). The summed E-state index contributed by atoms with van der Waals surface area (Å²) >= 11 is 6.32. The predicted molar refractivity (Wildman–Crippen MR) is 134 cm³/mol. The SMILES string of the molecule is Cc1ccc2cccc(NC(=O)c3cc(S(=O)(=O)N4CCc5ccccc5C4)ccc3Cl)c2n1. The van der Waals surface area contributed by atoms with Crippen molar-refractivity contribution in [3.8, 4) is 0 Å². The first kappa shape index (κ1) is 22.5. The molecule has 8 heteroatoms. The van der Waals surface area contributed by atoms with Crippen LogP contribution >= 0.6 is 11.6 Å². The van der Waals surface area contributed by atoms with Gasteiger partial charge in [0, 0.05) is 24.2 Å². The molecule has 6 nitrogen and oxygen atoms in total. The summed E-state index contributed by atoms with van der Waals surface area (Å²) in [5, 5.41) is 3.90. The number of rotatable bonds is 4. The molecule has 1 amide bonds. The molecule has 1 aromatic heterocycles. The van der Waals surface area contributed by atoms with Crippen molar-refractivity contribution in [1.29, 1.82) is 0 Å². The zero-order valence-corrected chi connectivity index (χ0v) is 20.0. The van der Waals surface area contributed by atoms with Gasteiger partial charge in [-0.3, -0.25) is 9.78 Å². The quantitative estimate of drug-likeness (QED) is 0.425. The zero-order chi connectivity index (χ0) is 23.9. The molecule has 0 radical (unpaired) electrons. The third-order valence-electron chi connectivity index (χ3n) is 6.02. The zero-order valence-electron chi connectivity index (χ0n) is 18.5. The van der Waals surface area contributed by atoms with E-state index in [2.05, 4.69) is 10.3 Å². The summed E-state index contributed by atoms with van der Waals surface area (Å²) in [6.45, 7) is 2.55. The van der Waals surface area contributed by atoms with Crippen LogP contribution in [0.1, 0.15) is 27.2 Å². The van der Waals surface area contributed by atoms with Gasteiger partial charge in [-0.05, 0) is 54.8 Å². The number of fused-ring (bicyclic) bond motifs is 2. The molecule has 1 aliphatic rings. The molecule has 0 saturated carbocycles.